The Labute approximate surface area is 168 Å². The Hall–Kier alpha value is -2.81. The molecule has 1 aliphatic carbocycles. The molecule has 29 heavy (non-hydrogen) atoms. The van der Waals surface area contributed by atoms with Crippen LogP contribution in [0.1, 0.15) is 32.1 Å². The van der Waals surface area contributed by atoms with Gasteiger partial charge in [-0.2, -0.15) is 0 Å². The van der Waals surface area contributed by atoms with Gasteiger partial charge in [-0.05, 0) is 24.5 Å². The molecule has 0 bridgehead atoms. The SMILES string of the molecule is O=CN(O)C[C@@H](CC1CCCC1)C(=O)N1CC=C[C@H]1C(=O)Nc1ccc(F)cn1. The van der Waals surface area contributed by atoms with E-state index < -0.39 is 23.7 Å². The van der Waals surface area contributed by atoms with E-state index in [1.165, 1.54) is 17.0 Å². The molecule has 0 aromatic carbocycles. The van der Waals surface area contributed by atoms with Crippen molar-refractivity contribution in [2.75, 3.05) is 18.4 Å². The Bertz CT molecular complexity index is 764. The average Bonchev–Trinajstić information content (AvgIpc) is 3.40. The molecule has 1 aromatic heterocycles. The molecule has 2 atom stereocenters. The molecule has 3 rings (SSSR count). The molecule has 8 nitrogen and oxygen atoms in total. The quantitative estimate of drug-likeness (QED) is 0.298. The van der Waals surface area contributed by atoms with E-state index >= 15 is 0 Å². The zero-order valence-corrected chi connectivity index (χ0v) is 16.0. The van der Waals surface area contributed by atoms with Crippen LogP contribution in [0.15, 0.2) is 30.5 Å². The number of aromatic nitrogens is 1. The van der Waals surface area contributed by atoms with Crippen molar-refractivity contribution in [3.05, 3.63) is 36.3 Å². The largest absolute Gasteiger partial charge is 0.323 e. The van der Waals surface area contributed by atoms with E-state index in [-0.39, 0.29) is 31.2 Å². The second kappa shape index (κ2) is 9.60. The first kappa shape index (κ1) is 20.9. The van der Waals surface area contributed by atoms with E-state index in [9.17, 15) is 24.0 Å². The normalized spacial score (nSPS) is 19.9. The van der Waals surface area contributed by atoms with E-state index in [1.54, 1.807) is 12.2 Å². The van der Waals surface area contributed by atoms with Crippen molar-refractivity contribution in [3.8, 4) is 0 Å². The van der Waals surface area contributed by atoms with Crippen molar-refractivity contribution in [2.24, 2.45) is 11.8 Å². The summed E-state index contributed by atoms with van der Waals surface area (Å²) < 4.78 is 13.0. The Kier molecular flexibility index (Phi) is 6.92. The van der Waals surface area contributed by atoms with E-state index in [0.29, 0.717) is 17.4 Å². The molecular weight excluding hydrogens is 379 g/mol. The van der Waals surface area contributed by atoms with Gasteiger partial charge in [0.1, 0.15) is 17.7 Å². The van der Waals surface area contributed by atoms with Gasteiger partial charge in [0.25, 0.3) is 5.91 Å². The molecule has 1 saturated carbocycles. The molecule has 0 radical (unpaired) electrons. The van der Waals surface area contributed by atoms with Crippen LogP contribution in [0.4, 0.5) is 10.2 Å². The number of pyridine rings is 1. The Balaban J connectivity index is 1.69. The molecule has 2 aliphatic rings. The summed E-state index contributed by atoms with van der Waals surface area (Å²) in [7, 11) is 0. The van der Waals surface area contributed by atoms with Gasteiger partial charge in [-0.3, -0.25) is 19.6 Å². The molecule has 0 spiro atoms. The second-order valence-corrected chi connectivity index (χ2v) is 7.53. The highest BCUT2D eigenvalue weighted by molar-refractivity contribution is 5.98. The highest BCUT2D eigenvalue weighted by Crippen LogP contribution is 2.32. The van der Waals surface area contributed by atoms with Gasteiger partial charge in [0, 0.05) is 6.54 Å². The van der Waals surface area contributed by atoms with Crippen LogP contribution in [-0.4, -0.2) is 57.5 Å². The van der Waals surface area contributed by atoms with Gasteiger partial charge in [0.05, 0.1) is 18.7 Å². The van der Waals surface area contributed by atoms with E-state index in [1.807, 2.05) is 0 Å². The summed E-state index contributed by atoms with van der Waals surface area (Å²) in [6, 6.07) is 1.70. The maximum atomic E-state index is 13.2. The smallest absolute Gasteiger partial charge is 0.252 e. The van der Waals surface area contributed by atoms with Crippen LogP contribution in [0.3, 0.4) is 0 Å². The molecule has 0 unspecified atom stereocenters. The van der Waals surface area contributed by atoms with Gasteiger partial charge in [-0.1, -0.05) is 37.8 Å². The first-order valence-corrected chi connectivity index (χ1v) is 9.78. The van der Waals surface area contributed by atoms with Gasteiger partial charge in [-0.15, -0.1) is 0 Å². The van der Waals surface area contributed by atoms with Gasteiger partial charge in [0.15, 0.2) is 0 Å². The number of nitrogens with zero attached hydrogens (tertiary/aromatic N) is 3. The predicted octanol–water partition coefficient (Wildman–Crippen LogP) is 1.97. The predicted molar refractivity (Wildman–Crippen MR) is 102 cm³/mol. The topological polar surface area (TPSA) is 103 Å². The maximum absolute atomic E-state index is 13.2. The highest BCUT2D eigenvalue weighted by Gasteiger charge is 2.36. The summed E-state index contributed by atoms with van der Waals surface area (Å²) in [5.41, 5.74) is 0. The Morgan fingerprint density at radius 2 is 2.14 bits per heavy atom. The van der Waals surface area contributed by atoms with Crippen molar-refractivity contribution in [2.45, 2.75) is 38.1 Å². The number of carbonyl (C=O) groups excluding carboxylic acids is 3. The molecule has 2 heterocycles. The molecule has 9 heteroatoms. The molecule has 1 aromatic rings. The van der Waals surface area contributed by atoms with Crippen LogP contribution in [0.25, 0.3) is 0 Å². The first-order valence-electron chi connectivity index (χ1n) is 9.78. The standard InChI is InChI=1S/C20H25FN4O4/c21-16-7-8-18(22-11-16)23-19(27)17-6-3-9-25(17)20(28)15(12-24(29)13-26)10-14-4-1-2-5-14/h3,6-8,11,13-15,17,29H,1-2,4-5,9-10,12H2,(H,22,23,27)/t15-,17+/m1/s1. The minimum Gasteiger partial charge on any atom is -0.323 e. The van der Waals surface area contributed by atoms with Gasteiger partial charge in [0.2, 0.25) is 12.3 Å². The number of hydroxylamine groups is 2. The summed E-state index contributed by atoms with van der Waals surface area (Å²) in [6.07, 6.45) is 9.46. The maximum Gasteiger partial charge on any atom is 0.252 e. The van der Waals surface area contributed by atoms with Crippen LogP contribution < -0.4 is 5.32 Å². The van der Waals surface area contributed by atoms with E-state index in [0.717, 1.165) is 31.9 Å². The van der Waals surface area contributed by atoms with Crippen molar-refractivity contribution < 1.29 is 24.0 Å². The third-order valence-electron chi connectivity index (χ3n) is 5.46. The van der Waals surface area contributed by atoms with Crippen molar-refractivity contribution >= 4 is 24.0 Å². The van der Waals surface area contributed by atoms with Gasteiger partial charge >= 0.3 is 0 Å². The zero-order valence-electron chi connectivity index (χ0n) is 16.0. The summed E-state index contributed by atoms with van der Waals surface area (Å²) in [5.74, 6) is -1.28. The molecule has 1 aliphatic heterocycles. The van der Waals surface area contributed by atoms with Crippen LogP contribution in [0.2, 0.25) is 0 Å². The van der Waals surface area contributed by atoms with Crippen molar-refractivity contribution in [1.29, 1.82) is 0 Å². The molecule has 0 saturated heterocycles. The fourth-order valence-electron chi connectivity index (χ4n) is 4.03. The molecule has 156 valence electrons. The number of carbonyl (C=O) groups is 3. The number of hydrogen-bond acceptors (Lipinski definition) is 5. The first-order chi connectivity index (χ1) is 14.0. The lowest BCUT2D eigenvalue weighted by Crippen LogP contribution is -2.48. The highest BCUT2D eigenvalue weighted by atomic mass is 19.1. The molecule has 3 amide bonds. The zero-order chi connectivity index (χ0) is 20.8. The van der Waals surface area contributed by atoms with Gasteiger partial charge < -0.3 is 10.2 Å². The number of rotatable bonds is 8. The third kappa shape index (κ3) is 5.38. The lowest BCUT2D eigenvalue weighted by atomic mass is 9.91. The van der Waals surface area contributed by atoms with Crippen LogP contribution in [0.5, 0.6) is 0 Å². The number of anilines is 1. The third-order valence-corrected chi connectivity index (χ3v) is 5.46. The molecule has 2 N–H and O–H groups in total. The number of halogens is 1. The minimum absolute atomic E-state index is 0.108. The monoisotopic (exact) mass is 404 g/mol. The van der Waals surface area contributed by atoms with Crippen molar-refractivity contribution in [3.63, 3.8) is 0 Å². The second-order valence-electron chi connectivity index (χ2n) is 7.53. The number of nitrogens with one attached hydrogen (secondary N) is 1. The van der Waals surface area contributed by atoms with Crippen LogP contribution in [0, 0.1) is 17.7 Å². The fraction of sp³-hybridized carbons (Fsp3) is 0.500. The summed E-state index contributed by atoms with van der Waals surface area (Å²) in [5, 5.41) is 12.7. The summed E-state index contributed by atoms with van der Waals surface area (Å²) in [4.78, 5) is 41.9. The summed E-state index contributed by atoms with van der Waals surface area (Å²) in [6.45, 7) is 0.157. The Morgan fingerprint density at radius 1 is 1.38 bits per heavy atom. The number of amides is 3. The van der Waals surface area contributed by atoms with Crippen LogP contribution in [-0.2, 0) is 14.4 Å². The molecular formula is C20H25FN4O4. The van der Waals surface area contributed by atoms with E-state index in [4.69, 9.17) is 0 Å². The van der Waals surface area contributed by atoms with Gasteiger partial charge in [-0.25, -0.2) is 14.4 Å². The lowest BCUT2D eigenvalue weighted by Gasteiger charge is -2.30. The van der Waals surface area contributed by atoms with Crippen LogP contribution >= 0.6 is 0 Å². The Morgan fingerprint density at radius 3 is 2.79 bits per heavy atom. The fourth-order valence-corrected chi connectivity index (χ4v) is 4.03. The average molecular weight is 404 g/mol. The minimum atomic E-state index is -0.830. The number of hydrogen-bond donors (Lipinski definition) is 2. The lowest BCUT2D eigenvalue weighted by molar-refractivity contribution is -0.158. The summed E-state index contributed by atoms with van der Waals surface area (Å²) >= 11 is 0. The van der Waals surface area contributed by atoms with E-state index in [2.05, 4.69) is 10.3 Å². The van der Waals surface area contributed by atoms with Crippen molar-refractivity contribution in [1.82, 2.24) is 14.9 Å². The molecule has 1 fully saturated rings.